The number of methoxy groups -OCH3 is 1. The highest BCUT2D eigenvalue weighted by atomic mass is 16.7. The number of aliphatic hydroxyl groups is 1. The molecule has 0 fully saturated rings. The summed E-state index contributed by atoms with van der Waals surface area (Å²) < 4.78 is 16.7. The van der Waals surface area contributed by atoms with E-state index in [2.05, 4.69) is 15.6 Å². The Kier molecular flexibility index (Phi) is 9.97. The van der Waals surface area contributed by atoms with Crippen LogP contribution in [0.1, 0.15) is 39.4 Å². The van der Waals surface area contributed by atoms with Crippen LogP contribution in [-0.2, 0) is 32.2 Å². The highest BCUT2D eigenvalue weighted by Gasteiger charge is 2.29. The summed E-state index contributed by atoms with van der Waals surface area (Å²) in [5.41, 5.74) is 2.85. The first kappa shape index (κ1) is 29.2. The lowest BCUT2D eigenvalue weighted by Crippen LogP contribution is -2.35. The maximum Gasteiger partial charge on any atom is 0.337 e. The molecule has 2 unspecified atom stereocenters. The first-order valence-electron chi connectivity index (χ1n) is 12.9. The van der Waals surface area contributed by atoms with Crippen molar-refractivity contribution in [2.75, 3.05) is 25.5 Å². The number of nitrogens with zero attached hydrogens (tertiary/aromatic N) is 2. The number of anilines is 1. The van der Waals surface area contributed by atoms with Gasteiger partial charge in [0.05, 0.1) is 30.8 Å². The van der Waals surface area contributed by atoms with Gasteiger partial charge in [-0.3, -0.25) is 14.9 Å². The molecule has 2 heterocycles. The summed E-state index contributed by atoms with van der Waals surface area (Å²) >= 11 is 0. The number of aromatic nitrogens is 1. The number of ether oxygens (including phenoxy) is 3. The minimum Gasteiger partial charge on any atom is -0.465 e. The third-order valence-electron chi connectivity index (χ3n) is 6.36. The van der Waals surface area contributed by atoms with E-state index in [1.165, 1.54) is 19.2 Å². The van der Waals surface area contributed by atoms with Gasteiger partial charge in [0, 0.05) is 31.5 Å². The second kappa shape index (κ2) is 14.0. The number of hydrogen-bond donors (Lipinski definition) is 3. The second-order valence-corrected chi connectivity index (χ2v) is 9.16. The van der Waals surface area contributed by atoms with E-state index in [4.69, 9.17) is 14.2 Å². The number of carbonyl (C=O) groups is 2. The van der Waals surface area contributed by atoms with Gasteiger partial charge in [-0.2, -0.15) is 0 Å². The smallest absolute Gasteiger partial charge is 0.337 e. The monoisotopic (exact) mass is 562 g/mol. The number of carbonyl (C=O) groups excluding carboxylic acids is 2. The van der Waals surface area contributed by atoms with Crippen LogP contribution >= 0.6 is 0 Å². The molecule has 12 nitrogen and oxygen atoms in total. The summed E-state index contributed by atoms with van der Waals surface area (Å²) in [6.45, 7) is 0.753. The number of benzene rings is 2. The molecule has 41 heavy (non-hydrogen) atoms. The Labute approximate surface area is 236 Å². The molecule has 0 saturated heterocycles. The molecule has 0 spiro atoms. The van der Waals surface area contributed by atoms with Crippen molar-refractivity contribution in [3.8, 4) is 0 Å². The fourth-order valence-corrected chi connectivity index (χ4v) is 4.12. The van der Waals surface area contributed by atoms with Gasteiger partial charge in [0.15, 0.2) is 5.76 Å². The van der Waals surface area contributed by atoms with Crippen LogP contribution in [0, 0.1) is 10.1 Å². The van der Waals surface area contributed by atoms with Gasteiger partial charge in [0.1, 0.15) is 12.0 Å². The Bertz CT molecular complexity index is 1380. The number of nitrogens with one attached hydrogen (secondary N) is 2. The normalized spacial score (nSPS) is 16.2. The summed E-state index contributed by atoms with van der Waals surface area (Å²) in [4.78, 5) is 39.1. The molecule has 3 aromatic rings. The number of amides is 1. The zero-order chi connectivity index (χ0) is 29.2. The molecule has 1 aliphatic heterocycles. The largest absolute Gasteiger partial charge is 0.465 e. The van der Waals surface area contributed by atoms with Crippen LogP contribution < -0.4 is 10.6 Å². The quantitative estimate of drug-likeness (QED) is 0.129. The molecule has 0 bridgehead atoms. The maximum atomic E-state index is 13.0. The molecule has 214 valence electrons. The van der Waals surface area contributed by atoms with Gasteiger partial charge in [0.25, 0.3) is 11.6 Å². The number of allylic oxidation sites excluding steroid dienone is 1. The Morgan fingerprint density at radius 3 is 2.44 bits per heavy atom. The van der Waals surface area contributed by atoms with E-state index in [1.807, 2.05) is 24.3 Å². The molecule has 4 rings (SSSR count). The van der Waals surface area contributed by atoms with Crippen molar-refractivity contribution < 1.29 is 33.8 Å². The molecule has 2 aromatic carbocycles. The number of pyridine rings is 1. The minimum atomic E-state index is -0.717. The summed E-state index contributed by atoms with van der Waals surface area (Å²) in [5.74, 6) is -0.549. The van der Waals surface area contributed by atoms with E-state index in [0.717, 1.165) is 22.9 Å². The van der Waals surface area contributed by atoms with Crippen molar-refractivity contribution in [1.82, 2.24) is 10.3 Å². The number of esters is 1. The molecule has 0 radical (unpaired) electrons. The molecule has 1 aliphatic rings. The Morgan fingerprint density at radius 2 is 1.80 bits per heavy atom. The lowest BCUT2D eigenvalue weighted by Gasteiger charge is -2.29. The van der Waals surface area contributed by atoms with Gasteiger partial charge < -0.3 is 30.0 Å². The van der Waals surface area contributed by atoms with Crippen molar-refractivity contribution in [3.63, 3.8) is 0 Å². The fraction of sp³-hybridized carbons (Fsp3) is 0.276. The van der Waals surface area contributed by atoms with Gasteiger partial charge >= 0.3 is 5.97 Å². The van der Waals surface area contributed by atoms with Crippen LogP contribution in [0.3, 0.4) is 0 Å². The van der Waals surface area contributed by atoms with Crippen molar-refractivity contribution >= 4 is 23.4 Å². The SMILES string of the molecule is COC(=O)c1ccc(C2C=C(C(=O)NCCNc3ccc([N+](=O)[O-])cn3)OC(OCc3ccc(CO)cc3)C2)cc1. The van der Waals surface area contributed by atoms with Crippen LogP contribution in [0.15, 0.2) is 78.7 Å². The Hall–Kier alpha value is -4.81. The zero-order valence-corrected chi connectivity index (χ0v) is 22.3. The number of rotatable bonds is 12. The van der Waals surface area contributed by atoms with Crippen molar-refractivity contribution in [3.05, 3.63) is 111 Å². The van der Waals surface area contributed by atoms with Crippen LogP contribution in [0.25, 0.3) is 0 Å². The average Bonchev–Trinajstić information content (AvgIpc) is 3.02. The summed E-state index contributed by atoms with van der Waals surface area (Å²) in [5, 5.41) is 25.8. The molecular formula is C29H30N4O8. The molecule has 2 atom stereocenters. The van der Waals surface area contributed by atoms with E-state index in [9.17, 15) is 24.8 Å². The molecule has 3 N–H and O–H groups in total. The number of hydrogen-bond acceptors (Lipinski definition) is 10. The van der Waals surface area contributed by atoms with Gasteiger partial charge in [-0.25, -0.2) is 9.78 Å². The van der Waals surface area contributed by atoms with Crippen LogP contribution in [-0.4, -0.2) is 53.4 Å². The van der Waals surface area contributed by atoms with E-state index < -0.39 is 23.1 Å². The third-order valence-corrected chi connectivity index (χ3v) is 6.36. The summed E-state index contributed by atoms with van der Waals surface area (Å²) in [6, 6.07) is 17.1. The van der Waals surface area contributed by atoms with Crippen molar-refractivity contribution in [2.45, 2.75) is 31.8 Å². The molecule has 1 aromatic heterocycles. The second-order valence-electron chi connectivity index (χ2n) is 9.16. The maximum absolute atomic E-state index is 13.0. The van der Waals surface area contributed by atoms with Gasteiger partial charge in [-0.1, -0.05) is 36.4 Å². The summed E-state index contributed by atoms with van der Waals surface area (Å²) in [7, 11) is 1.32. The highest BCUT2D eigenvalue weighted by Crippen LogP contribution is 2.32. The fourth-order valence-electron chi connectivity index (χ4n) is 4.12. The van der Waals surface area contributed by atoms with Gasteiger partial charge in [-0.05, 0) is 41.0 Å². The van der Waals surface area contributed by atoms with E-state index in [-0.39, 0.29) is 37.1 Å². The van der Waals surface area contributed by atoms with Crippen molar-refractivity contribution in [2.24, 2.45) is 0 Å². The van der Waals surface area contributed by atoms with Gasteiger partial charge in [-0.15, -0.1) is 0 Å². The first-order chi connectivity index (χ1) is 19.9. The van der Waals surface area contributed by atoms with Gasteiger partial charge in [0.2, 0.25) is 6.29 Å². The van der Waals surface area contributed by atoms with E-state index in [1.54, 1.807) is 30.3 Å². The molecule has 12 heteroatoms. The molecular weight excluding hydrogens is 532 g/mol. The molecule has 1 amide bonds. The van der Waals surface area contributed by atoms with Crippen LogP contribution in [0.5, 0.6) is 0 Å². The zero-order valence-electron chi connectivity index (χ0n) is 22.3. The highest BCUT2D eigenvalue weighted by molar-refractivity contribution is 5.92. The molecule has 0 aliphatic carbocycles. The van der Waals surface area contributed by atoms with E-state index >= 15 is 0 Å². The van der Waals surface area contributed by atoms with Crippen LogP contribution in [0.2, 0.25) is 0 Å². The summed E-state index contributed by atoms with van der Waals surface area (Å²) in [6.07, 6.45) is 2.60. The first-order valence-corrected chi connectivity index (χ1v) is 12.9. The standard InChI is InChI=1S/C29H30N4O8/c1-39-29(36)22-8-6-21(7-9-22)23-14-25(41-27(15-23)40-18-20-4-2-19(17-34)3-5-20)28(35)31-13-12-30-26-11-10-24(16-32-26)33(37)38/h2-11,14,16,23,27,34H,12-13,15,17-18H2,1H3,(H,30,32)(H,31,35). The topological polar surface area (TPSA) is 162 Å². The predicted molar refractivity (Wildman–Crippen MR) is 148 cm³/mol. The Morgan fingerprint density at radius 1 is 1.07 bits per heavy atom. The molecule has 0 saturated carbocycles. The third kappa shape index (κ3) is 8.10. The lowest BCUT2D eigenvalue weighted by molar-refractivity contribution is -0.385. The number of nitro groups is 1. The number of aliphatic hydroxyl groups excluding tert-OH is 1. The van der Waals surface area contributed by atoms with Crippen LogP contribution in [0.4, 0.5) is 11.5 Å². The average molecular weight is 563 g/mol. The minimum absolute atomic E-state index is 0.0491. The lowest BCUT2D eigenvalue weighted by atomic mass is 9.92. The Balaban J connectivity index is 1.40. The van der Waals surface area contributed by atoms with E-state index in [0.29, 0.717) is 24.3 Å². The predicted octanol–water partition coefficient (Wildman–Crippen LogP) is 3.43. The van der Waals surface area contributed by atoms with Crippen molar-refractivity contribution in [1.29, 1.82) is 0 Å².